The highest BCUT2D eigenvalue weighted by molar-refractivity contribution is 8.18. The molecule has 1 atom stereocenters. The summed E-state index contributed by atoms with van der Waals surface area (Å²) in [5.41, 5.74) is 2.02. The highest BCUT2D eigenvalue weighted by Crippen LogP contribution is 2.34. The summed E-state index contributed by atoms with van der Waals surface area (Å²) >= 11 is 1.44. The molecule has 0 saturated carbocycles. The molecule has 3 heterocycles. The first-order chi connectivity index (χ1) is 11.7. The van der Waals surface area contributed by atoms with E-state index >= 15 is 0 Å². The van der Waals surface area contributed by atoms with Crippen LogP contribution in [0, 0.1) is 0 Å². The molecule has 0 bridgehead atoms. The molecule has 0 unspecified atom stereocenters. The van der Waals surface area contributed by atoms with Crippen LogP contribution in [0.5, 0.6) is 5.75 Å². The Morgan fingerprint density at radius 1 is 1.29 bits per heavy atom. The van der Waals surface area contributed by atoms with E-state index in [1.54, 1.807) is 0 Å². The Bertz CT molecular complexity index is 763. The van der Waals surface area contributed by atoms with Gasteiger partial charge in [-0.25, -0.2) is 0 Å². The van der Waals surface area contributed by atoms with Crippen LogP contribution in [-0.2, 0) is 9.53 Å². The average Bonchev–Trinajstić information content (AvgIpc) is 2.97. The van der Waals surface area contributed by atoms with E-state index in [9.17, 15) is 4.79 Å². The Morgan fingerprint density at radius 2 is 2.08 bits per heavy atom. The van der Waals surface area contributed by atoms with Crippen LogP contribution >= 0.6 is 11.8 Å². The van der Waals surface area contributed by atoms with Gasteiger partial charge in [-0.15, -0.1) is 0 Å². The standard InChI is InChI=1S/C18H18N2O3S/c1-12-14(10-13-4-2-3-5-15(13)23-12)11-16-17(21)19-18(24-16)20-6-8-22-9-7-20/h2-5,10-12H,6-9H2,1H3/b16-11+/t12-/m1/s1. The van der Waals surface area contributed by atoms with Crippen LogP contribution in [0.4, 0.5) is 0 Å². The number of para-hydroxylation sites is 1. The van der Waals surface area contributed by atoms with Crippen molar-refractivity contribution in [2.75, 3.05) is 26.3 Å². The first-order valence-electron chi connectivity index (χ1n) is 8.03. The summed E-state index contributed by atoms with van der Waals surface area (Å²) in [5, 5.41) is 0.778. The summed E-state index contributed by atoms with van der Waals surface area (Å²) in [7, 11) is 0. The third-order valence-corrected chi connectivity index (χ3v) is 5.25. The lowest BCUT2D eigenvalue weighted by Gasteiger charge is -2.27. The van der Waals surface area contributed by atoms with Crippen LogP contribution in [0.1, 0.15) is 12.5 Å². The Morgan fingerprint density at radius 3 is 2.92 bits per heavy atom. The number of rotatable bonds is 1. The minimum Gasteiger partial charge on any atom is -0.485 e. The lowest BCUT2D eigenvalue weighted by molar-refractivity contribution is -0.113. The maximum absolute atomic E-state index is 12.3. The molecule has 124 valence electrons. The molecule has 1 aromatic carbocycles. The van der Waals surface area contributed by atoms with Crippen LogP contribution in [0.25, 0.3) is 6.08 Å². The van der Waals surface area contributed by atoms with E-state index in [-0.39, 0.29) is 12.0 Å². The molecule has 0 radical (unpaired) electrons. The summed E-state index contributed by atoms with van der Waals surface area (Å²) in [6.45, 7) is 4.91. The quantitative estimate of drug-likeness (QED) is 0.735. The number of morpholine rings is 1. The molecule has 0 aromatic heterocycles. The number of carbonyl (C=O) groups is 1. The van der Waals surface area contributed by atoms with Crippen molar-refractivity contribution in [1.29, 1.82) is 0 Å². The third kappa shape index (κ3) is 2.99. The van der Waals surface area contributed by atoms with E-state index < -0.39 is 0 Å². The van der Waals surface area contributed by atoms with E-state index in [1.807, 2.05) is 37.3 Å². The topological polar surface area (TPSA) is 51.1 Å². The van der Waals surface area contributed by atoms with Crippen LogP contribution in [0.2, 0.25) is 0 Å². The molecule has 5 nitrogen and oxygen atoms in total. The second-order valence-electron chi connectivity index (χ2n) is 5.85. The van der Waals surface area contributed by atoms with Crippen LogP contribution < -0.4 is 4.74 Å². The monoisotopic (exact) mass is 342 g/mol. The number of ether oxygens (including phenoxy) is 2. The number of fused-ring (bicyclic) bond motifs is 1. The number of benzene rings is 1. The molecular weight excluding hydrogens is 324 g/mol. The van der Waals surface area contributed by atoms with E-state index in [0.29, 0.717) is 18.1 Å². The molecule has 24 heavy (non-hydrogen) atoms. The van der Waals surface area contributed by atoms with Gasteiger partial charge in [0.25, 0.3) is 5.91 Å². The molecule has 6 heteroatoms. The smallest absolute Gasteiger partial charge is 0.286 e. The van der Waals surface area contributed by atoms with Crippen molar-refractivity contribution >= 4 is 28.9 Å². The van der Waals surface area contributed by atoms with Gasteiger partial charge in [0.15, 0.2) is 5.17 Å². The minimum atomic E-state index is -0.173. The van der Waals surface area contributed by atoms with Gasteiger partial charge in [-0.3, -0.25) is 4.79 Å². The van der Waals surface area contributed by atoms with Crippen molar-refractivity contribution in [2.45, 2.75) is 13.0 Å². The van der Waals surface area contributed by atoms with Crippen molar-refractivity contribution < 1.29 is 14.3 Å². The first kappa shape index (κ1) is 15.5. The van der Waals surface area contributed by atoms with Gasteiger partial charge in [-0.05, 0) is 42.5 Å². The predicted molar refractivity (Wildman–Crippen MR) is 95.0 cm³/mol. The maximum Gasteiger partial charge on any atom is 0.286 e. The van der Waals surface area contributed by atoms with Crippen LogP contribution in [0.3, 0.4) is 0 Å². The highest BCUT2D eigenvalue weighted by Gasteiger charge is 2.28. The summed E-state index contributed by atoms with van der Waals surface area (Å²) in [4.78, 5) is 19.2. The molecule has 4 rings (SSSR count). The maximum atomic E-state index is 12.3. The molecule has 0 N–H and O–H groups in total. The zero-order valence-corrected chi connectivity index (χ0v) is 14.2. The zero-order chi connectivity index (χ0) is 16.5. The van der Waals surface area contributed by atoms with Crippen molar-refractivity contribution in [1.82, 2.24) is 4.90 Å². The number of aliphatic imine (C=N–C) groups is 1. The van der Waals surface area contributed by atoms with E-state index in [0.717, 1.165) is 35.1 Å². The minimum absolute atomic E-state index is 0.0896. The molecule has 0 aliphatic carbocycles. The summed E-state index contributed by atoms with van der Waals surface area (Å²) in [6, 6.07) is 7.91. The SMILES string of the molecule is C[C@H]1Oc2ccccc2C=C1/C=C1/SC(N2CCOCC2)=NC1=O. The Labute approximate surface area is 145 Å². The van der Waals surface area contributed by atoms with Gasteiger partial charge in [0.05, 0.1) is 18.1 Å². The number of carbonyl (C=O) groups excluding carboxylic acids is 1. The molecule has 1 aromatic rings. The van der Waals surface area contributed by atoms with Crippen LogP contribution in [-0.4, -0.2) is 48.4 Å². The lowest BCUT2D eigenvalue weighted by Crippen LogP contribution is -2.38. The average molecular weight is 342 g/mol. The number of hydrogen-bond acceptors (Lipinski definition) is 5. The van der Waals surface area contributed by atoms with E-state index in [4.69, 9.17) is 9.47 Å². The van der Waals surface area contributed by atoms with E-state index in [2.05, 4.69) is 16.0 Å². The summed E-state index contributed by atoms with van der Waals surface area (Å²) in [6.07, 6.45) is 3.90. The van der Waals surface area contributed by atoms with Gasteiger partial charge in [-0.2, -0.15) is 4.99 Å². The van der Waals surface area contributed by atoms with Gasteiger partial charge < -0.3 is 14.4 Å². The number of amidine groups is 1. The largest absolute Gasteiger partial charge is 0.485 e. The van der Waals surface area contributed by atoms with Crippen molar-refractivity contribution in [3.05, 3.63) is 46.4 Å². The molecule has 0 spiro atoms. The summed E-state index contributed by atoms with van der Waals surface area (Å²) in [5.74, 6) is 0.705. The molecule has 3 aliphatic rings. The third-order valence-electron chi connectivity index (χ3n) is 4.20. The fraction of sp³-hybridized carbons (Fsp3) is 0.333. The lowest BCUT2D eigenvalue weighted by atomic mass is 10.0. The van der Waals surface area contributed by atoms with Crippen molar-refractivity contribution in [3.8, 4) is 5.75 Å². The number of hydrogen-bond donors (Lipinski definition) is 0. The molecule has 1 saturated heterocycles. The van der Waals surface area contributed by atoms with Gasteiger partial charge in [0, 0.05) is 18.7 Å². The summed E-state index contributed by atoms with van der Waals surface area (Å²) < 4.78 is 11.3. The normalized spacial score (nSPS) is 25.2. The zero-order valence-electron chi connectivity index (χ0n) is 13.4. The molecule has 3 aliphatic heterocycles. The Hall–Kier alpha value is -2.05. The van der Waals surface area contributed by atoms with E-state index in [1.165, 1.54) is 11.8 Å². The first-order valence-corrected chi connectivity index (χ1v) is 8.85. The van der Waals surface area contributed by atoms with Gasteiger partial charge in [-0.1, -0.05) is 18.2 Å². The van der Waals surface area contributed by atoms with Gasteiger partial charge in [0.2, 0.25) is 0 Å². The highest BCUT2D eigenvalue weighted by atomic mass is 32.2. The molecular formula is C18H18N2O3S. The second kappa shape index (κ2) is 6.45. The van der Waals surface area contributed by atoms with Crippen molar-refractivity contribution in [3.63, 3.8) is 0 Å². The van der Waals surface area contributed by atoms with Crippen molar-refractivity contribution in [2.24, 2.45) is 4.99 Å². The fourth-order valence-corrected chi connectivity index (χ4v) is 3.83. The molecule has 1 fully saturated rings. The number of amides is 1. The van der Waals surface area contributed by atoms with Gasteiger partial charge >= 0.3 is 0 Å². The van der Waals surface area contributed by atoms with Crippen LogP contribution in [0.15, 0.2) is 45.8 Å². The van der Waals surface area contributed by atoms with Gasteiger partial charge in [0.1, 0.15) is 11.9 Å². The number of thioether (sulfide) groups is 1. The second-order valence-corrected chi connectivity index (χ2v) is 6.86. The fourth-order valence-electron chi connectivity index (χ4n) is 2.86. The molecule has 1 amide bonds. The Balaban J connectivity index is 1.56. The predicted octanol–water partition coefficient (Wildman–Crippen LogP) is 2.70. The number of nitrogens with zero attached hydrogens (tertiary/aromatic N) is 2. The Kier molecular flexibility index (Phi) is 4.16.